The molecule has 0 aliphatic carbocycles. The molecule has 0 radical (unpaired) electrons. The number of H-pyrrole nitrogens is 1. The summed E-state index contributed by atoms with van der Waals surface area (Å²) >= 11 is 0. The fourth-order valence-electron chi connectivity index (χ4n) is 2.70. The molecule has 108 valence electrons. The molecular formula is C17H15N5. The second kappa shape index (κ2) is 4.80. The van der Waals surface area contributed by atoms with Crippen molar-refractivity contribution < 1.29 is 0 Å². The van der Waals surface area contributed by atoms with Gasteiger partial charge in [0.15, 0.2) is 5.65 Å². The number of rotatable bonds is 2. The van der Waals surface area contributed by atoms with Crippen LogP contribution in [0.25, 0.3) is 27.8 Å². The molecule has 0 bridgehead atoms. The van der Waals surface area contributed by atoms with Crippen LogP contribution >= 0.6 is 0 Å². The highest BCUT2D eigenvalue weighted by molar-refractivity contribution is 5.80. The first-order valence-corrected chi connectivity index (χ1v) is 7.14. The zero-order chi connectivity index (χ0) is 15.1. The van der Waals surface area contributed by atoms with Gasteiger partial charge < -0.3 is 0 Å². The summed E-state index contributed by atoms with van der Waals surface area (Å²) in [4.78, 5) is 4.40. The number of fused-ring (bicyclic) bond motifs is 1. The normalized spacial score (nSPS) is 11.2. The molecule has 0 aliphatic heterocycles. The highest BCUT2D eigenvalue weighted by atomic mass is 15.3. The van der Waals surface area contributed by atoms with Crippen LogP contribution < -0.4 is 0 Å². The lowest BCUT2D eigenvalue weighted by Crippen LogP contribution is -1.99. The average Bonchev–Trinajstić information content (AvgIpc) is 3.12. The van der Waals surface area contributed by atoms with Gasteiger partial charge in [0.1, 0.15) is 0 Å². The van der Waals surface area contributed by atoms with Crippen LogP contribution in [0.3, 0.4) is 0 Å². The Morgan fingerprint density at radius 2 is 1.91 bits per heavy atom. The standard InChI is InChI=1S/C17H15N5/c1-11-6-12(2)22(21-11)16-5-3-4-13(8-16)14-7-15-10-19-20-17(15)18-9-14/h3-10H,1-2H3,(H,18,19,20). The number of pyridine rings is 1. The first-order chi connectivity index (χ1) is 10.7. The number of hydrogen-bond acceptors (Lipinski definition) is 3. The Morgan fingerprint density at radius 3 is 2.73 bits per heavy atom. The first-order valence-electron chi connectivity index (χ1n) is 7.14. The highest BCUT2D eigenvalue weighted by Gasteiger charge is 2.07. The molecule has 0 amide bonds. The third kappa shape index (κ3) is 2.07. The quantitative estimate of drug-likeness (QED) is 0.615. The average molecular weight is 289 g/mol. The minimum Gasteiger partial charge on any atom is -0.261 e. The number of aromatic amines is 1. The Labute approximate surface area is 127 Å². The van der Waals surface area contributed by atoms with Crippen molar-refractivity contribution in [3.05, 3.63) is 60.2 Å². The maximum Gasteiger partial charge on any atom is 0.155 e. The van der Waals surface area contributed by atoms with Crippen LogP contribution in [-0.4, -0.2) is 25.0 Å². The van der Waals surface area contributed by atoms with E-state index >= 15 is 0 Å². The number of nitrogens with one attached hydrogen (secondary N) is 1. The molecule has 0 spiro atoms. The van der Waals surface area contributed by atoms with Crippen molar-refractivity contribution >= 4 is 11.0 Å². The van der Waals surface area contributed by atoms with E-state index in [0.717, 1.165) is 39.2 Å². The molecule has 3 aromatic heterocycles. The van der Waals surface area contributed by atoms with E-state index in [1.807, 2.05) is 23.9 Å². The van der Waals surface area contributed by atoms with E-state index in [2.05, 4.69) is 57.5 Å². The fourth-order valence-corrected chi connectivity index (χ4v) is 2.70. The van der Waals surface area contributed by atoms with Gasteiger partial charge in [-0.1, -0.05) is 12.1 Å². The molecule has 0 unspecified atom stereocenters. The van der Waals surface area contributed by atoms with Gasteiger partial charge in [0, 0.05) is 22.8 Å². The van der Waals surface area contributed by atoms with Gasteiger partial charge in [-0.25, -0.2) is 9.67 Å². The van der Waals surface area contributed by atoms with Crippen molar-refractivity contribution in [1.82, 2.24) is 25.0 Å². The SMILES string of the molecule is Cc1cc(C)n(-c2cccc(-c3cnc4[nH]ncc4c3)c2)n1. The molecule has 1 N–H and O–H groups in total. The van der Waals surface area contributed by atoms with Gasteiger partial charge in [-0.05, 0) is 43.7 Å². The smallest absolute Gasteiger partial charge is 0.155 e. The largest absolute Gasteiger partial charge is 0.261 e. The summed E-state index contributed by atoms with van der Waals surface area (Å²) in [6.07, 6.45) is 3.65. The van der Waals surface area contributed by atoms with Crippen molar-refractivity contribution in [2.24, 2.45) is 0 Å². The molecule has 0 fully saturated rings. The Balaban J connectivity index is 1.82. The maximum absolute atomic E-state index is 4.54. The lowest BCUT2D eigenvalue weighted by Gasteiger charge is -2.07. The third-order valence-corrected chi connectivity index (χ3v) is 3.72. The summed E-state index contributed by atoms with van der Waals surface area (Å²) in [7, 11) is 0. The summed E-state index contributed by atoms with van der Waals surface area (Å²) < 4.78 is 1.96. The molecule has 0 saturated carbocycles. The highest BCUT2D eigenvalue weighted by Crippen LogP contribution is 2.24. The van der Waals surface area contributed by atoms with Gasteiger partial charge in [0.2, 0.25) is 0 Å². The molecule has 5 heteroatoms. The molecule has 1 aromatic carbocycles. The minimum absolute atomic E-state index is 0.804. The van der Waals surface area contributed by atoms with E-state index in [-0.39, 0.29) is 0 Å². The first kappa shape index (κ1) is 12.8. The molecule has 0 atom stereocenters. The maximum atomic E-state index is 4.54. The number of nitrogens with zero attached hydrogens (tertiary/aromatic N) is 4. The zero-order valence-electron chi connectivity index (χ0n) is 12.4. The number of aryl methyl sites for hydroxylation is 2. The van der Waals surface area contributed by atoms with Crippen molar-refractivity contribution in [1.29, 1.82) is 0 Å². The summed E-state index contributed by atoms with van der Waals surface area (Å²) in [5.41, 5.74) is 6.18. The fraction of sp³-hybridized carbons (Fsp3) is 0.118. The summed E-state index contributed by atoms with van der Waals surface area (Å²) in [5.74, 6) is 0. The van der Waals surface area contributed by atoms with E-state index < -0.39 is 0 Å². The Morgan fingerprint density at radius 1 is 1.00 bits per heavy atom. The van der Waals surface area contributed by atoms with Gasteiger partial charge in [-0.15, -0.1) is 0 Å². The van der Waals surface area contributed by atoms with Crippen LogP contribution in [-0.2, 0) is 0 Å². The number of benzene rings is 1. The van der Waals surface area contributed by atoms with Gasteiger partial charge in [0.05, 0.1) is 17.6 Å². The van der Waals surface area contributed by atoms with Gasteiger partial charge in [0.25, 0.3) is 0 Å². The molecule has 0 aliphatic rings. The predicted octanol–water partition coefficient (Wildman–Crippen LogP) is 3.43. The third-order valence-electron chi connectivity index (χ3n) is 3.72. The van der Waals surface area contributed by atoms with Gasteiger partial charge in [-0.3, -0.25) is 5.10 Å². The van der Waals surface area contributed by atoms with Crippen molar-refractivity contribution in [2.45, 2.75) is 13.8 Å². The van der Waals surface area contributed by atoms with E-state index in [1.54, 1.807) is 6.20 Å². The van der Waals surface area contributed by atoms with Crippen LogP contribution in [0, 0.1) is 13.8 Å². The molecule has 4 rings (SSSR count). The topological polar surface area (TPSA) is 59.4 Å². The van der Waals surface area contributed by atoms with Crippen LogP contribution in [0.15, 0.2) is 48.8 Å². The lowest BCUT2D eigenvalue weighted by atomic mass is 10.1. The molecule has 22 heavy (non-hydrogen) atoms. The van der Waals surface area contributed by atoms with E-state index in [4.69, 9.17) is 0 Å². The summed E-state index contributed by atoms with van der Waals surface area (Å²) in [5, 5.41) is 12.4. The van der Waals surface area contributed by atoms with Crippen molar-refractivity contribution in [3.8, 4) is 16.8 Å². The number of aromatic nitrogens is 5. The van der Waals surface area contributed by atoms with Crippen LogP contribution in [0.2, 0.25) is 0 Å². The molecule has 0 saturated heterocycles. The van der Waals surface area contributed by atoms with Gasteiger partial charge in [-0.2, -0.15) is 10.2 Å². The zero-order valence-corrected chi connectivity index (χ0v) is 12.4. The molecule has 4 aromatic rings. The van der Waals surface area contributed by atoms with Crippen LogP contribution in [0.5, 0.6) is 0 Å². The molecule has 5 nitrogen and oxygen atoms in total. The molecular weight excluding hydrogens is 274 g/mol. The van der Waals surface area contributed by atoms with Crippen molar-refractivity contribution in [2.75, 3.05) is 0 Å². The molecule has 3 heterocycles. The van der Waals surface area contributed by atoms with E-state index in [9.17, 15) is 0 Å². The Bertz CT molecular complexity index is 964. The van der Waals surface area contributed by atoms with E-state index in [0.29, 0.717) is 0 Å². The lowest BCUT2D eigenvalue weighted by molar-refractivity contribution is 0.834. The minimum atomic E-state index is 0.804. The van der Waals surface area contributed by atoms with Crippen LogP contribution in [0.4, 0.5) is 0 Å². The number of hydrogen-bond donors (Lipinski definition) is 1. The second-order valence-electron chi connectivity index (χ2n) is 5.42. The van der Waals surface area contributed by atoms with Gasteiger partial charge >= 0.3 is 0 Å². The summed E-state index contributed by atoms with van der Waals surface area (Å²) in [6.45, 7) is 4.07. The Hall–Kier alpha value is -2.95. The van der Waals surface area contributed by atoms with E-state index in [1.165, 1.54) is 0 Å². The summed E-state index contributed by atoms with van der Waals surface area (Å²) in [6, 6.07) is 12.5. The predicted molar refractivity (Wildman–Crippen MR) is 85.9 cm³/mol. The van der Waals surface area contributed by atoms with Crippen molar-refractivity contribution in [3.63, 3.8) is 0 Å². The van der Waals surface area contributed by atoms with Crippen LogP contribution in [0.1, 0.15) is 11.4 Å². The monoisotopic (exact) mass is 289 g/mol. The second-order valence-corrected chi connectivity index (χ2v) is 5.42. The Kier molecular flexibility index (Phi) is 2.79.